The predicted octanol–water partition coefficient (Wildman–Crippen LogP) is 1.66. The highest BCUT2D eigenvalue weighted by Crippen LogP contribution is 2.33. The molecule has 0 N–H and O–H groups in total. The third-order valence-corrected chi connectivity index (χ3v) is 4.49. The predicted molar refractivity (Wildman–Crippen MR) is 68.0 cm³/mol. The minimum Gasteiger partial charge on any atom is -0.274 e. The summed E-state index contributed by atoms with van der Waals surface area (Å²) in [5, 5.41) is 3.86. The summed E-state index contributed by atoms with van der Waals surface area (Å²) in [6.45, 7) is 0. The topological polar surface area (TPSA) is 68.1 Å². The van der Waals surface area contributed by atoms with Crippen molar-refractivity contribution in [1.29, 1.82) is 0 Å². The highest BCUT2D eigenvalue weighted by Gasteiger charge is 2.40. The lowest BCUT2D eigenvalue weighted by Crippen LogP contribution is -2.29. The van der Waals surface area contributed by atoms with E-state index in [-0.39, 0.29) is 5.82 Å². The standard InChI is InChI=1S/C11H11F3N4O2S/c1-17-7-5-9(16-17)18(2)21(19,20)8-4-3-6-15-10(8)11(12,13)14/h3-7H,1-2H3. The first kappa shape index (κ1) is 15.3. The molecule has 0 aliphatic rings. The molecule has 2 rings (SSSR count). The summed E-state index contributed by atoms with van der Waals surface area (Å²) < 4.78 is 65.4. The SMILES string of the molecule is CN(c1ccn(C)n1)S(=O)(=O)c1cccnc1C(F)(F)F. The van der Waals surface area contributed by atoms with Crippen molar-refractivity contribution in [2.75, 3.05) is 11.4 Å². The number of hydrogen-bond acceptors (Lipinski definition) is 4. The molecule has 0 aromatic carbocycles. The Bertz CT molecular complexity index is 755. The summed E-state index contributed by atoms with van der Waals surface area (Å²) in [7, 11) is -1.72. The van der Waals surface area contributed by atoms with E-state index in [0.717, 1.165) is 25.4 Å². The summed E-state index contributed by atoms with van der Waals surface area (Å²) in [6.07, 6.45) is -2.49. The van der Waals surface area contributed by atoms with E-state index in [1.807, 2.05) is 0 Å². The van der Waals surface area contributed by atoms with Gasteiger partial charge < -0.3 is 0 Å². The zero-order valence-electron chi connectivity index (χ0n) is 11.0. The van der Waals surface area contributed by atoms with Gasteiger partial charge in [0.05, 0.1) is 0 Å². The first-order valence-electron chi connectivity index (χ1n) is 5.65. The van der Waals surface area contributed by atoms with Gasteiger partial charge in [-0.15, -0.1) is 0 Å². The lowest BCUT2D eigenvalue weighted by molar-refractivity contribution is -0.143. The molecular formula is C11H11F3N4O2S. The van der Waals surface area contributed by atoms with Crippen molar-refractivity contribution in [2.45, 2.75) is 11.1 Å². The average molecular weight is 320 g/mol. The highest BCUT2D eigenvalue weighted by molar-refractivity contribution is 7.92. The van der Waals surface area contributed by atoms with Crippen molar-refractivity contribution < 1.29 is 21.6 Å². The molecule has 0 spiro atoms. The molecule has 0 aliphatic carbocycles. The van der Waals surface area contributed by atoms with Gasteiger partial charge in [-0.1, -0.05) is 0 Å². The van der Waals surface area contributed by atoms with E-state index in [0.29, 0.717) is 4.31 Å². The average Bonchev–Trinajstić information content (AvgIpc) is 2.83. The van der Waals surface area contributed by atoms with Crippen LogP contribution in [-0.2, 0) is 23.2 Å². The summed E-state index contributed by atoms with van der Waals surface area (Å²) >= 11 is 0. The molecule has 2 heterocycles. The molecular weight excluding hydrogens is 309 g/mol. The number of sulfonamides is 1. The second-order valence-corrected chi connectivity index (χ2v) is 6.11. The molecule has 2 aromatic heterocycles. The Morgan fingerprint density at radius 1 is 1.29 bits per heavy atom. The van der Waals surface area contributed by atoms with Crippen LogP contribution in [0.5, 0.6) is 0 Å². The molecule has 114 valence electrons. The summed E-state index contributed by atoms with van der Waals surface area (Å²) in [4.78, 5) is 2.23. The number of nitrogens with zero attached hydrogens (tertiary/aromatic N) is 4. The van der Waals surface area contributed by atoms with Gasteiger partial charge in [-0.25, -0.2) is 8.42 Å². The molecule has 2 aromatic rings. The second-order valence-electron chi connectivity index (χ2n) is 4.17. The van der Waals surface area contributed by atoms with Gasteiger partial charge >= 0.3 is 6.18 Å². The van der Waals surface area contributed by atoms with E-state index < -0.39 is 26.8 Å². The van der Waals surface area contributed by atoms with E-state index in [2.05, 4.69) is 10.1 Å². The summed E-state index contributed by atoms with van der Waals surface area (Å²) in [5.74, 6) is 0.00878. The van der Waals surface area contributed by atoms with Crippen LogP contribution in [0.4, 0.5) is 19.0 Å². The molecule has 0 atom stereocenters. The third-order valence-electron chi connectivity index (χ3n) is 2.70. The summed E-state index contributed by atoms with van der Waals surface area (Å²) in [6, 6.07) is 3.38. The Labute approximate surface area is 118 Å². The molecule has 0 radical (unpaired) electrons. The molecule has 10 heteroatoms. The Balaban J connectivity index is 2.55. The van der Waals surface area contributed by atoms with Crippen LogP contribution in [0.1, 0.15) is 5.69 Å². The maximum absolute atomic E-state index is 12.9. The maximum atomic E-state index is 12.9. The lowest BCUT2D eigenvalue weighted by atomic mass is 10.3. The van der Waals surface area contributed by atoms with E-state index in [1.165, 1.54) is 16.9 Å². The van der Waals surface area contributed by atoms with E-state index >= 15 is 0 Å². The van der Waals surface area contributed by atoms with Crippen LogP contribution >= 0.6 is 0 Å². The van der Waals surface area contributed by atoms with Gasteiger partial charge in [-0.05, 0) is 12.1 Å². The van der Waals surface area contributed by atoms with Crippen LogP contribution in [0.15, 0.2) is 35.5 Å². The minimum atomic E-state index is -4.87. The van der Waals surface area contributed by atoms with Crippen molar-refractivity contribution in [2.24, 2.45) is 7.05 Å². The molecule has 21 heavy (non-hydrogen) atoms. The molecule has 0 aliphatic heterocycles. The Kier molecular flexibility index (Phi) is 3.66. The Hall–Kier alpha value is -2.10. The first-order valence-corrected chi connectivity index (χ1v) is 7.09. The smallest absolute Gasteiger partial charge is 0.274 e. The van der Waals surface area contributed by atoms with Crippen molar-refractivity contribution in [3.63, 3.8) is 0 Å². The fraction of sp³-hybridized carbons (Fsp3) is 0.273. The van der Waals surface area contributed by atoms with Crippen molar-refractivity contribution >= 4 is 15.8 Å². The minimum absolute atomic E-state index is 0.00878. The monoisotopic (exact) mass is 320 g/mol. The van der Waals surface area contributed by atoms with Crippen LogP contribution in [0.2, 0.25) is 0 Å². The van der Waals surface area contributed by atoms with Gasteiger partial charge in [-0.2, -0.15) is 18.3 Å². The van der Waals surface area contributed by atoms with Crippen molar-refractivity contribution in [3.05, 3.63) is 36.3 Å². The lowest BCUT2D eigenvalue weighted by Gasteiger charge is -2.19. The van der Waals surface area contributed by atoms with Gasteiger partial charge in [0.1, 0.15) is 4.90 Å². The van der Waals surface area contributed by atoms with E-state index in [4.69, 9.17) is 0 Å². The largest absolute Gasteiger partial charge is 0.434 e. The number of alkyl halides is 3. The maximum Gasteiger partial charge on any atom is 0.434 e. The third kappa shape index (κ3) is 2.84. The molecule has 0 unspecified atom stereocenters. The number of hydrogen-bond donors (Lipinski definition) is 0. The van der Waals surface area contributed by atoms with Gasteiger partial charge in [0, 0.05) is 32.6 Å². The van der Waals surface area contributed by atoms with Crippen LogP contribution < -0.4 is 4.31 Å². The fourth-order valence-electron chi connectivity index (χ4n) is 1.65. The van der Waals surface area contributed by atoms with Crippen LogP contribution in [-0.4, -0.2) is 30.2 Å². The van der Waals surface area contributed by atoms with Gasteiger partial charge in [0.2, 0.25) is 0 Å². The van der Waals surface area contributed by atoms with E-state index in [9.17, 15) is 21.6 Å². The zero-order valence-corrected chi connectivity index (χ0v) is 11.9. The number of halogens is 3. The quantitative estimate of drug-likeness (QED) is 0.862. The van der Waals surface area contributed by atoms with Crippen molar-refractivity contribution in [3.8, 4) is 0 Å². The first-order chi connectivity index (χ1) is 9.64. The zero-order chi connectivity index (χ0) is 15.8. The number of anilines is 1. The highest BCUT2D eigenvalue weighted by atomic mass is 32.2. The number of pyridine rings is 1. The number of aryl methyl sites for hydroxylation is 1. The van der Waals surface area contributed by atoms with Crippen LogP contribution in [0, 0.1) is 0 Å². The Morgan fingerprint density at radius 2 is 1.95 bits per heavy atom. The van der Waals surface area contributed by atoms with Crippen molar-refractivity contribution in [1.82, 2.24) is 14.8 Å². The van der Waals surface area contributed by atoms with Gasteiger partial charge in [0.15, 0.2) is 11.5 Å². The molecule has 0 amide bonds. The molecule has 0 bridgehead atoms. The molecule has 0 saturated heterocycles. The molecule has 6 nitrogen and oxygen atoms in total. The normalized spacial score (nSPS) is 12.4. The second kappa shape index (κ2) is 5.02. The van der Waals surface area contributed by atoms with E-state index in [1.54, 1.807) is 7.05 Å². The summed E-state index contributed by atoms with van der Waals surface area (Å²) in [5.41, 5.74) is -1.45. The fourth-order valence-corrected chi connectivity index (χ4v) is 2.95. The van der Waals surface area contributed by atoms with Gasteiger partial charge in [0.25, 0.3) is 10.0 Å². The van der Waals surface area contributed by atoms with Crippen LogP contribution in [0.3, 0.4) is 0 Å². The number of rotatable bonds is 3. The Morgan fingerprint density at radius 3 is 2.48 bits per heavy atom. The molecule has 0 fully saturated rings. The van der Waals surface area contributed by atoms with Gasteiger partial charge in [-0.3, -0.25) is 14.0 Å². The van der Waals surface area contributed by atoms with Crippen LogP contribution in [0.25, 0.3) is 0 Å². The number of aromatic nitrogens is 3. The molecule has 0 saturated carbocycles.